The predicted octanol–water partition coefficient (Wildman–Crippen LogP) is 0.971. The van der Waals surface area contributed by atoms with Crippen LogP contribution in [0.15, 0.2) is 53.3 Å². The summed E-state index contributed by atoms with van der Waals surface area (Å²) in [5.41, 5.74) is 12.7. The number of carbonyl (C=O) groups is 3. The zero-order chi connectivity index (χ0) is 30.9. The molecule has 5 rings (SSSR count). The number of ether oxygens (including phenoxy) is 1. The molecule has 9 N–H and O–H groups in total. The summed E-state index contributed by atoms with van der Waals surface area (Å²) in [7, 11) is 2.93. The summed E-state index contributed by atoms with van der Waals surface area (Å²) >= 11 is 0. The highest BCUT2D eigenvalue weighted by Gasteiger charge is 2.74. The fourth-order valence-electron chi connectivity index (χ4n) is 7.05. The molecule has 0 unspecified atom stereocenters. The summed E-state index contributed by atoms with van der Waals surface area (Å²) in [4.78, 5) is 41.7. The maximum absolute atomic E-state index is 14.5. The van der Waals surface area contributed by atoms with Crippen LogP contribution in [0.4, 0.5) is 0 Å². The summed E-state index contributed by atoms with van der Waals surface area (Å²) in [5, 5.41) is 44.4. The van der Waals surface area contributed by atoms with Gasteiger partial charge in [-0.1, -0.05) is 24.3 Å². The first kappa shape index (κ1) is 28.8. The van der Waals surface area contributed by atoms with Crippen molar-refractivity contribution in [2.75, 3.05) is 20.7 Å². The molecule has 2 aromatic rings. The third kappa shape index (κ3) is 3.48. The number of amides is 1. The number of aromatic hydroxyl groups is 1. The standard InChI is InChI=1S/C30H31N5O7/c1-4-42-18-8-6-5-7-15(18)14-9-10-17(36)19-16(14)11-28(33)12-30(34)24(35(2)3)23(38)20(27(32)41)25(39)29(30,13-31)26(40)21(28)22(19)37/h5-10,24,36-37,39H,4,11-12,33-34H2,1-3H3,(H2,32,41)/t24-,28-,29+,30-/m1/s1. The second-order valence-corrected chi connectivity index (χ2v) is 11.2. The molecule has 1 saturated carbocycles. The third-order valence-corrected chi connectivity index (χ3v) is 8.61. The van der Waals surface area contributed by atoms with Gasteiger partial charge in [-0.05, 0) is 57.1 Å². The van der Waals surface area contributed by atoms with E-state index in [1.165, 1.54) is 25.1 Å². The van der Waals surface area contributed by atoms with Crippen LogP contribution in [0.25, 0.3) is 16.9 Å². The Hall–Kier alpha value is -4.70. The summed E-state index contributed by atoms with van der Waals surface area (Å²) in [5.74, 6) is -5.23. The number of rotatable bonds is 5. The molecule has 0 bridgehead atoms. The van der Waals surface area contributed by atoms with Crippen molar-refractivity contribution in [2.24, 2.45) is 22.6 Å². The highest BCUT2D eigenvalue weighted by Crippen LogP contribution is 2.59. The van der Waals surface area contributed by atoms with Crippen molar-refractivity contribution in [3.05, 3.63) is 64.4 Å². The molecule has 1 fully saturated rings. The van der Waals surface area contributed by atoms with E-state index in [1.807, 2.05) is 6.92 Å². The van der Waals surface area contributed by atoms with Crippen LogP contribution in [0.5, 0.6) is 11.5 Å². The van der Waals surface area contributed by atoms with Crippen LogP contribution in [-0.2, 0) is 20.8 Å². The fraction of sp³-hybridized carbons (Fsp3) is 0.333. The number of hydrogen-bond donors (Lipinski definition) is 6. The largest absolute Gasteiger partial charge is 0.509 e. The van der Waals surface area contributed by atoms with Gasteiger partial charge < -0.3 is 37.3 Å². The van der Waals surface area contributed by atoms with Gasteiger partial charge in [0.25, 0.3) is 5.91 Å². The molecule has 218 valence electrons. The Balaban J connectivity index is 1.85. The van der Waals surface area contributed by atoms with Crippen molar-refractivity contribution in [1.82, 2.24) is 4.90 Å². The number of primary amides is 1. The quantitative estimate of drug-likeness (QED) is 0.276. The van der Waals surface area contributed by atoms with E-state index in [-0.39, 0.29) is 17.7 Å². The molecule has 12 nitrogen and oxygen atoms in total. The van der Waals surface area contributed by atoms with Gasteiger partial charge >= 0.3 is 0 Å². The molecule has 1 amide bonds. The monoisotopic (exact) mass is 573 g/mol. The van der Waals surface area contributed by atoms with Gasteiger partial charge in [-0.25, -0.2) is 0 Å². The highest BCUT2D eigenvalue weighted by atomic mass is 16.5. The van der Waals surface area contributed by atoms with E-state index in [9.17, 15) is 35.0 Å². The summed E-state index contributed by atoms with van der Waals surface area (Å²) < 4.78 is 5.80. The molecule has 3 aliphatic rings. The van der Waals surface area contributed by atoms with E-state index in [1.54, 1.807) is 36.4 Å². The smallest absolute Gasteiger partial charge is 0.255 e. The van der Waals surface area contributed by atoms with Crippen LogP contribution >= 0.6 is 0 Å². The molecular weight excluding hydrogens is 542 g/mol. The molecule has 4 atom stereocenters. The summed E-state index contributed by atoms with van der Waals surface area (Å²) in [6.07, 6.45) is -0.607. The number of nitrogens with zero attached hydrogens (tertiary/aromatic N) is 2. The minimum atomic E-state index is -2.71. The number of carbonyl (C=O) groups excluding carboxylic acids is 3. The van der Waals surface area contributed by atoms with Gasteiger partial charge in [0.05, 0.1) is 40.9 Å². The number of hydrogen-bond acceptors (Lipinski definition) is 11. The second kappa shape index (κ2) is 9.42. The Kier molecular flexibility index (Phi) is 6.46. The Bertz CT molecular complexity index is 1690. The van der Waals surface area contributed by atoms with Crippen LogP contribution in [-0.4, -0.2) is 75.5 Å². The van der Waals surface area contributed by atoms with Crippen molar-refractivity contribution in [1.29, 1.82) is 5.26 Å². The zero-order valence-electron chi connectivity index (χ0n) is 23.3. The van der Waals surface area contributed by atoms with Crippen molar-refractivity contribution in [3.63, 3.8) is 0 Å². The Morgan fingerprint density at radius 3 is 2.38 bits per heavy atom. The van der Waals surface area contributed by atoms with Gasteiger partial charge in [-0.15, -0.1) is 0 Å². The van der Waals surface area contributed by atoms with Crippen LogP contribution in [0.3, 0.4) is 0 Å². The minimum absolute atomic E-state index is 0.0875. The maximum atomic E-state index is 14.5. The third-order valence-electron chi connectivity index (χ3n) is 8.61. The first-order valence-electron chi connectivity index (χ1n) is 13.2. The normalized spacial score (nSPS) is 28.6. The SMILES string of the molecule is CCOc1ccccc1-c1ccc(O)c2c1C[C@@]1(N)C[C@@]3(N)[C@H](N(C)C)C(=O)C(C(N)=O)=C(O)[C@@]3(C#N)C(=O)C1=C2O. The molecule has 12 heteroatoms. The molecule has 42 heavy (non-hydrogen) atoms. The molecule has 0 heterocycles. The number of aliphatic hydroxyl groups is 2. The topological polar surface area (TPSA) is 226 Å². The van der Waals surface area contributed by atoms with Crippen molar-refractivity contribution in [2.45, 2.75) is 36.9 Å². The number of para-hydroxylation sites is 1. The van der Waals surface area contributed by atoms with Crippen LogP contribution in [0.1, 0.15) is 24.5 Å². The second-order valence-electron chi connectivity index (χ2n) is 11.2. The van der Waals surface area contributed by atoms with Crippen LogP contribution < -0.4 is 21.9 Å². The number of nitrogens with two attached hydrogens (primary N) is 3. The molecule has 0 saturated heterocycles. The highest BCUT2D eigenvalue weighted by molar-refractivity contribution is 6.25. The van der Waals surface area contributed by atoms with E-state index in [0.717, 1.165) is 0 Å². The summed E-state index contributed by atoms with van der Waals surface area (Å²) in [6, 6.07) is 10.4. The van der Waals surface area contributed by atoms with E-state index in [4.69, 9.17) is 21.9 Å². The number of Topliss-reactive ketones (excluding diaryl/α,β-unsaturated/α-hetero) is 2. The fourth-order valence-corrected chi connectivity index (χ4v) is 7.05. The lowest BCUT2D eigenvalue weighted by atomic mass is 9.47. The Labute approximate surface area is 241 Å². The summed E-state index contributed by atoms with van der Waals surface area (Å²) in [6.45, 7) is 2.20. The number of phenolic OH excluding ortho intramolecular Hbond substituents is 1. The number of benzene rings is 2. The minimum Gasteiger partial charge on any atom is -0.509 e. The maximum Gasteiger partial charge on any atom is 0.255 e. The van der Waals surface area contributed by atoms with E-state index in [0.29, 0.717) is 29.0 Å². The molecule has 0 aromatic heterocycles. The number of nitriles is 1. The number of likely N-dealkylation sites (N-methyl/N-ethyl adjacent to an activating group) is 1. The molecule has 3 aliphatic carbocycles. The van der Waals surface area contributed by atoms with E-state index < -0.39 is 69.1 Å². The number of phenols is 1. The van der Waals surface area contributed by atoms with Crippen LogP contribution in [0, 0.1) is 16.7 Å². The van der Waals surface area contributed by atoms with E-state index >= 15 is 0 Å². The Morgan fingerprint density at radius 1 is 1.12 bits per heavy atom. The average Bonchev–Trinajstić information content (AvgIpc) is 2.88. The molecule has 0 spiro atoms. The molecular formula is C30H31N5O7. The van der Waals surface area contributed by atoms with Gasteiger partial charge in [-0.3, -0.25) is 19.3 Å². The van der Waals surface area contributed by atoms with Crippen molar-refractivity contribution < 1.29 is 34.4 Å². The van der Waals surface area contributed by atoms with Crippen LogP contribution in [0.2, 0.25) is 0 Å². The number of fused-ring (bicyclic) bond motifs is 3. The van der Waals surface area contributed by atoms with Gasteiger partial charge in [-0.2, -0.15) is 5.26 Å². The van der Waals surface area contributed by atoms with Gasteiger partial charge in [0.1, 0.15) is 28.6 Å². The average molecular weight is 574 g/mol. The van der Waals surface area contributed by atoms with Crippen molar-refractivity contribution in [3.8, 4) is 28.7 Å². The van der Waals surface area contributed by atoms with Crippen molar-refractivity contribution >= 4 is 23.2 Å². The van der Waals surface area contributed by atoms with Gasteiger partial charge in [0.2, 0.25) is 0 Å². The lowest BCUT2D eigenvalue weighted by Crippen LogP contribution is -2.80. The first-order chi connectivity index (χ1) is 19.7. The number of aliphatic hydroxyl groups excluding tert-OH is 2. The number of ketones is 2. The lowest BCUT2D eigenvalue weighted by Gasteiger charge is -2.58. The lowest BCUT2D eigenvalue weighted by molar-refractivity contribution is -0.139. The van der Waals surface area contributed by atoms with E-state index in [2.05, 4.69) is 0 Å². The van der Waals surface area contributed by atoms with Gasteiger partial charge in [0.15, 0.2) is 17.0 Å². The molecule has 0 radical (unpaired) electrons. The molecule has 2 aromatic carbocycles. The Morgan fingerprint density at radius 2 is 1.79 bits per heavy atom. The molecule has 0 aliphatic heterocycles. The zero-order valence-corrected chi connectivity index (χ0v) is 23.3. The first-order valence-corrected chi connectivity index (χ1v) is 13.2. The predicted molar refractivity (Wildman–Crippen MR) is 151 cm³/mol. The van der Waals surface area contributed by atoms with Gasteiger partial charge in [0, 0.05) is 5.56 Å².